The predicted octanol–water partition coefficient (Wildman–Crippen LogP) is 3.74. The molecule has 0 bridgehead atoms. The topological polar surface area (TPSA) is 46.5 Å². The summed E-state index contributed by atoms with van der Waals surface area (Å²) < 4.78 is 5.06. The molecule has 0 saturated carbocycles. The summed E-state index contributed by atoms with van der Waals surface area (Å²) in [6, 6.07) is 8.77. The van der Waals surface area contributed by atoms with Crippen molar-refractivity contribution in [3.63, 3.8) is 0 Å². The number of aliphatic hydroxyl groups is 1. The van der Waals surface area contributed by atoms with Crippen molar-refractivity contribution in [3.8, 4) is 23.7 Å². The molecular formula is C21H24O3. The van der Waals surface area contributed by atoms with Gasteiger partial charge in [-0.1, -0.05) is 55.7 Å². The van der Waals surface area contributed by atoms with Crippen molar-refractivity contribution < 1.29 is 14.6 Å². The Morgan fingerprint density at radius 3 is 2.75 bits per heavy atom. The predicted molar refractivity (Wildman–Crippen MR) is 96.2 cm³/mol. The first kappa shape index (κ1) is 19.6. The lowest BCUT2D eigenvalue weighted by Crippen LogP contribution is -2.05. The van der Waals surface area contributed by atoms with Crippen LogP contribution in [0, 0.1) is 23.7 Å². The average Bonchev–Trinajstić information content (AvgIpc) is 2.61. The summed E-state index contributed by atoms with van der Waals surface area (Å²) in [6.07, 6.45) is 7.10. The van der Waals surface area contributed by atoms with E-state index >= 15 is 0 Å². The van der Waals surface area contributed by atoms with Crippen LogP contribution in [0.25, 0.3) is 0 Å². The largest absolute Gasteiger partial charge is 0.458 e. The smallest absolute Gasteiger partial charge is 0.338 e. The molecule has 0 saturated heterocycles. The minimum absolute atomic E-state index is 0.101. The Labute approximate surface area is 144 Å². The van der Waals surface area contributed by atoms with Crippen LogP contribution < -0.4 is 0 Å². The van der Waals surface area contributed by atoms with E-state index < -0.39 is 6.10 Å². The summed E-state index contributed by atoms with van der Waals surface area (Å²) in [6.45, 7) is 2.26. The number of hydrogen-bond donors (Lipinski definition) is 1. The van der Waals surface area contributed by atoms with Gasteiger partial charge in [-0.3, -0.25) is 0 Å². The highest BCUT2D eigenvalue weighted by Gasteiger charge is 2.03. The van der Waals surface area contributed by atoms with Crippen molar-refractivity contribution in [2.45, 2.75) is 45.1 Å². The molecule has 1 aromatic rings. The van der Waals surface area contributed by atoms with Gasteiger partial charge in [-0.15, -0.1) is 5.92 Å². The van der Waals surface area contributed by atoms with Gasteiger partial charge in [0.05, 0.1) is 12.0 Å². The molecule has 1 unspecified atom stereocenters. The van der Waals surface area contributed by atoms with Crippen LogP contribution >= 0.6 is 0 Å². The van der Waals surface area contributed by atoms with Gasteiger partial charge in [0.1, 0.15) is 12.7 Å². The fourth-order valence-electron chi connectivity index (χ4n) is 1.83. The summed E-state index contributed by atoms with van der Waals surface area (Å²) in [5.74, 6) is 11.1. The molecule has 24 heavy (non-hydrogen) atoms. The maximum Gasteiger partial charge on any atom is 0.338 e. The Hall–Kier alpha value is -2.49. The van der Waals surface area contributed by atoms with E-state index in [1.165, 1.54) is 18.9 Å². The molecule has 1 atom stereocenters. The normalized spacial score (nSPS) is 11.1. The SMILES string of the molecule is CCCCCC#CCC#CC(O)/C=C/COC(=O)c1ccccc1. The molecule has 0 fully saturated rings. The van der Waals surface area contributed by atoms with Crippen molar-refractivity contribution in [2.75, 3.05) is 6.61 Å². The lowest BCUT2D eigenvalue weighted by atomic mass is 10.2. The molecule has 0 aliphatic heterocycles. The number of hydrogen-bond acceptors (Lipinski definition) is 3. The highest BCUT2D eigenvalue weighted by atomic mass is 16.5. The van der Waals surface area contributed by atoms with Crippen molar-refractivity contribution in [3.05, 3.63) is 48.0 Å². The van der Waals surface area contributed by atoms with E-state index in [-0.39, 0.29) is 12.6 Å². The molecule has 0 aromatic heterocycles. The van der Waals surface area contributed by atoms with E-state index in [9.17, 15) is 9.90 Å². The fraction of sp³-hybridized carbons (Fsp3) is 0.381. The van der Waals surface area contributed by atoms with Gasteiger partial charge < -0.3 is 9.84 Å². The Bertz CT molecular complexity index is 624. The Morgan fingerprint density at radius 2 is 2.00 bits per heavy atom. The third-order valence-electron chi connectivity index (χ3n) is 3.10. The Balaban J connectivity index is 2.21. The van der Waals surface area contributed by atoms with E-state index in [1.54, 1.807) is 30.3 Å². The summed E-state index contributed by atoms with van der Waals surface area (Å²) >= 11 is 0. The molecule has 0 aliphatic rings. The minimum Gasteiger partial charge on any atom is -0.458 e. The first-order valence-electron chi connectivity index (χ1n) is 8.25. The van der Waals surface area contributed by atoms with Crippen molar-refractivity contribution in [2.24, 2.45) is 0 Å². The number of rotatable bonds is 7. The second-order valence-electron chi connectivity index (χ2n) is 5.15. The number of esters is 1. The fourth-order valence-corrected chi connectivity index (χ4v) is 1.83. The zero-order valence-corrected chi connectivity index (χ0v) is 14.1. The molecule has 0 radical (unpaired) electrons. The molecule has 0 amide bonds. The molecular weight excluding hydrogens is 300 g/mol. The standard InChI is InChI=1S/C21H24O3/c1-2-3-4-5-6-7-8-12-16-20(22)17-13-18-24-21(23)19-14-10-9-11-15-19/h9-11,13-15,17,20,22H,2-5,8,18H2,1H3/b17-13+. The van der Waals surface area contributed by atoms with Crippen LogP contribution in [0.3, 0.4) is 0 Å². The van der Waals surface area contributed by atoms with Gasteiger partial charge >= 0.3 is 5.97 Å². The quantitative estimate of drug-likeness (QED) is 0.360. The van der Waals surface area contributed by atoms with Gasteiger partial charge in [0.15, 0.2) is 0 Å². The lowest BCUT2D eigenvalue weighted by Gasteiger charge is -2.01. The number of carbonyl (C=O) groups is 1. The van der Waals surface area contributed by atoms with Crippen LogP contribution in [-0.4, -0.2) is 23.8 Å². The van der Waals surface area contributed by atoms with E-state index in [1.807, 2.05) is 6.07 Å². The Morgan fingerprint density at radius 1 is 1.21 bits per heavy atom. The van der Waals surface area contributed by atoms with E-state index in [2.05, 4.69) is 30.6 Å². The second-order valence-corrected chi connectivity index (χ2v) is 5.15. The zero-order chi connectivity index (χ0) is 17.5. The molecule has 1 rings (SSSR count). The monoisotopic (exact) mass is 324 g/mol. The molecule has 3 heteroatoms. The lowest BCUT2D eigenvalue weighted by molar-refractivity contribution is 0.0548. The highest BCUT2D eigenvalue weighted by molar-refractivity contribution is 5.89. The Kier molecular flexibility index (Phi) is 10.6. The zero-order valence-electron chi connectivity index (χ0n) is 14.1. The number of aliphatic hydroxyl groups excluding tert-OH is 1. The minimum atomic E-state index is -0.873. The van der Waals surface area contributed by atoms with Crippen LogP contribution in [0.15, 0.2) is 42.5 Å². The number of benzene rings is 1. The molecule has 0 aliphatic carbocycles. The van der Waals surface area contributed by atoms with E-state index in [0.29, 0.717) is 12.0 Å². The van der Waals surface area contributed by atoms with Crippen molar-refractivity contribution in [1.29, 1.82) is 0 Å². The van der Waals surface area contributed by atoms with Gasteiger partial charge in [0.2, 0.25) is 0 Å². The van der Waals surface area contributed by atoms with Gasteiger partial charge in [0, 0.05) is 6.42 Å². The molecule has 0 spiro atoms. The summed E-state index contributed by atoms with van der Waals surface area (Å²) in [5, 5.41) is 9.66. The van der Waals surface area contributed by atoms with Crippen LogP contribution in [0.2, 0.25) is 0 Å². The maximum absolute atomic E-state index is 11.7. The van der Waals surface area contributed by atoms with Gasteiger partial charge in [-0.2, -0.15) is 0 Å². The second kappa shape index (κ2) is 13.0. The molecule has 1 aromatic carbocycles. The summed E-state index contributed by atoms with van der Waals surface area (Å²) in [7, 11) is 0. The van der Waals surface area contributed by atoms with Crippen LogP contribution in [0.4, 0.5) is 0 Å². The van der Waals surface area contributed by atoms with Gasteiger partial charge in [-0.05, 0) is 30.7 Å². The third-order valence-corrected chi connectivity index (χ3v) is 3.10. The van der Waals surface area contributed by atoms with E-state index in [4.69, 9.17) is 4.74 Å². The molecule has 1 N–H and O–H groups in total. The van der Waals surface area contributed by atoms with Crippen LogP contribution in [0.5, 0.6) is 0 Å². The van der Waals surface area contributed by atoms with Crippen molar-refractivity contribution >= 4 is 5.97 Å². The van der Waals surface area contributed by atoms with Gasteiger partial charge in [0.25, 0.3) is 0 Å². The number of unbranched alkanes of at least 4 members (excludes halogenated alkanes) is 3. The molecule has 126 valence electrons. The first-order valence-corrected chi connectivity index (χ1v) is 8.25. The average molecular weight is 324 g/mol. The summed E-state index contributed by atoms with van der Waals surface area (Å²) in [5.41, 5.74) is 0.503. The first-order chi connectivity index (χ1) is 11.7. The number of ether oxygens (including phenoxy) is 1. The maximum atomic E-state index is 11.7. The van der Waals surface area contributed by atoms with Crippen LogP contribution in [-0.2, 0) is 4.74 Å². The third kappa shape index (κ3) is 9.51. The van der Waals surface area contributed by atoms with Crippen molar-refractivity contribution in [1.82, 2.24) is 0 Å². The number of carbonyl (C=O) groups excluding carboxylic acids is 1. The molecule has 3 nitrogen and oxygen atoms in total. The molecule has 0 heterocycles. The summed E-state index contributed by atoms with van der Waals surface area (Å²) in [4.78, 5) is 11.7. The highest BCUT2D eigenvalue weighted by Crippen LogP contribution is 2.01. The van der Waals surface area contributed by atoms with E-state index in [0.717, 1.165) is 12.8 Å². The van der Waals surface area contributed by atoms with Crippen LogP contribution in [0.1, 0.15) is 49.4 Å². The van der Waals surface area contributed by atoms with Gasteiger partial charge in [-0.25, -0.2) is 4.79 Å².